The number of aliphatic hydroxyl groups excluding tert-OH is 3. The summed E-state index contributed by atoms with van der Waals surface area (Å²) in [4.78, 5) is 44.5. The van der Waals surface area contributed by atoms with E-state index in [4.69, 9.17) is 19.6 Å². The molecular weight excluding hydrogens is 417 g/mol. The Morgan fingerprint density at radius 2 is 1.00 bits per heavy atom. The second-order valence-corrected chi connectivity index (χ2v) is 8.71. The number of rotatable bonds is 7. The lowest BCUT2D eigenvalue weighted by atomic mass is 9.85. The van der Waals surface area contributed by atoms with Crippen LogP contribution in [0.4, 0.5) is 0 Å². The second-order valence-electron chi connectivity index (χ2n) is 4.81. The van der Waals surface area contributed by atoms with Gasteiger partial charge in [-0.25, -0.2) is 13.7 Å². The van der Waals surface area contributed by atoms with Gasteiger partial charge in [0.1, 0.15) is 36.6 Å². The molecule has 8 N–H and O–H groups in total. The van der Waals surface area contributed by atoms with Crippen molar-refractivity contribution < 1.29 is 71.6 Å². The van der Waals surface area contributed by atoms with Crippen molar-refractivity contribution >= 4 is 23.5 Å². The largest absolute Gasteiger partial charge is 0.472 e. The highest BCUT2D eigenvalue weighted by molar-refractivity contribution is 7.47. The van der Waals surface area contributed by atoms with Crippen molar-refractivity contribution in [3.63, 3.8) is 0 Å². The molecule has 1 aliphatic carbocycles. The van der Waals surface area contributed by atoms with Crippen LogP contribution in [0.1, 0.15) is 0 Å². The van der Waals surface area contributed by atoms with E-state index in [1.54, 1.807) is 0 Å². The summed E-state index contributed by atoms with van der Waals surface area (Å²) in [6.07, 6.45) is -13.9. The minimum absolute atomic E-state index is 0.698. The predicted molar refractivity (Wildman–Crippen MR) is 73.6 cm³/mol. The fourth-order valence-corrected chi connectivity index (χ4v) is 3.82. The molecule has 1 fully saturated rings. The molecule has 25 heavy (non-hydrogen) atoms. The molecule has 0 amide bonds. The molecule has 0 aromatic heterocycles. The Morgan fingerprint density at radius 3 is 1.40 bits per heavy atom. The third-order valence-electron chi connectivity index (χ3n) is 3.02. The maximum Gasteiger partial charge on any atom is 0.472 e. The summed E-state index contributed by atoms with van der Waals surface area (Å²) in [5, 5.41) is 29.7. The summed E-state index contributed by atoms with van der Waals surface area (Å²) in [5.41, 5.74) is 0. The van der Waals surface area contributed by atoms with E-state index in [0.717, 1.165) is 0 Å². The predicted octanol–water partition coefficient (Wildman–Crippen LogP) is -2.83. The van der Waals surface area contributed by atoms with Gasteiger partial charge >= 0.3 is 23.5 Å². The first-order valence-electron chi connectivity index (χ1n) is 6.17. The van der Waals surface area contributed by atoms with Crippen LogP contribution in [0.25, 0.3) is 0 Å². The number of phosphoric acid groups is 3. The maximum absolute atomic E-state index is 11.5. The third kappa shape index (κ3) is 6.70. The molecule has 18 heteroatoms. The third-order valence-corrected chi connectivity index (χ3v) is 5.03. The van der Waals surface area contributed by atoms with Crippen molar-refractivity contribution in [3.8, 4) is 0 Å². The van der Waals surface area contributed by atoms with Crippen molar-refractivity contribution in [2.24, 2.45) is 0 Å². The Balaban J connectivity index is 3.26. The van der Waals surface area contributed by atoms with Gasteiger partial charge in [-0.2, -0.15) is 0 Å². The Labute approximate surface area is 139 Å². The summed E-state index contributed by atoms with van der Waals surface area (Å²) in [7, 11) is -14.9. The fraction of sp³-hybridized carbons (Fsp3) is 1.00. The first-order valence-corrected chi connectivity index (χ1v) is 10.7. The maximum atomic E-state index is 11.5. The second kappa shape index (κ2) is 8.07. The van der Waals surface area contributed by atoms with E-state index in [0.29, 0.717) is 7.11 Å². The molecule has 7 atom stereocenters. The van der Waals surface area contributed by atoms with Gasteiger partial charge in [0.15, 0.2) is 0 Å². The van der Waals surface area contributed by atoms with Crippen LogP contribution < -0.4 is 0 Å². The molecule has 0 saturated heterocycles. The van der Waals surface area contributed by atoms with Gasteiger partial charge in [0.05, 0.1) is 0 Å². The van der Waals surface area contributed by atoms with Crippen molar-refractivity contribution in [1.29, 1.82) is 0 Å². The van der Waals surface area contributed by atoms with Gasteiger partial charge < -0.3 is 39.8 Å². The quantitative estimate of drug-likeness (QED) is 0.188. The summed E-state index contributed by atoms with van der Waals surface area (Å²) < 4.78 is 50.1. The zero-order valence-electron chi connectivity index (χ0n) is 12.2. The van der Waals surface area contributed by atoms with Crippen LogP contribution in [0.2, 0.25) is 0 Å². The first kappa shape index (κ1) is 23.2. The molecule has 1 unspecified atom stereocenters. The topological polar surface area (TPSA) is 250 Å². The molecule has 1 saturated carbocycles. The van der Waals surface area contributed by atoms with E-state index in [9.17, 15) is 33.9 Å². The number of aliphatic hydroxyl groups is 3. The van der Waals surface area contributed by atoms with Crippen LogP contribution in [0.5, 0.6) is 0 Å². The first-order chi connectivity index (χ1) is 11.1. The Kier molecular flexibility index (Phi) is 7.50. The van der Waals surface area contributed by atoms with Crippen LogP contribution in [0.15, 0.2) is 0 Å². The molecule has 0 heterocycles. The zero-order valence-corrected chi connectivity index (χ0v) is 14.9. The molecule has 0 bridgehead atoms. The average molecular weight is 434 g/mol. The number of hydrogen-bond acceptors (Lipinski definition) is 10. The van der Waals surface area contributed by atoms with E-state index >= 15 is 0 Å². The standard InChI is InChI=1S/C7H17O15P3/c1-19-25(17,18)22-7-4(10)5(20-23(11,12)13)2(8)3(9)6(7)21-24(14,15)16/h2-10H,1H3,(H,17,18)(H2,11,12,13)(H2,14,15,16)/t2-,3+,4+,5-,6-,7-/m1/s1. The lowest BCUT2D eigenvalue weighted by Gasteiger charge is -2.44. The van der Waals surface area contributed by atoms with Gasteiger partial charge in [0.25, 0.3) is 0 Å². The van der Waals surface area contributed by atoms with Gasteiger partial charge in [0.2, 0.25) is 0 Å². The molecule has 1 aliphatic rings. The lowest BCUT2D eigenvalue weighted by Crippen LogP contribution is -2.65. The van der Waals surface area contributed by atoms with E-state index < -0.39 is 60.1 Å². The normalized spacial score (nSPS) is 36.8. The molecule has 0 radical (unpaired) electrons. The minimum atomic E-state index is -5.37. The molecule has 0 aliphatic heterocycles. The number of phosphoric ester groups is 3. The van der Waals surface area contributed by atoms with Crippen molar-refractivity contribution in [2.45, 2.75) is 36.6 Å². The molecule has 0 aromatic carbocycles. The molecular formula is C7H17O15P3. The van der Waals surface area contributed by atoms with Gasteiger partial charge in [-0.3, -0.25) is 18.1 Å². The van der Waals surface area contributed by atoms with Gasteiger partial charge in [-0.1, -0.05) is 0 Å². The summed E-state index contributed by atoms with van der Waals surface area (Å²) in [5.74, 6) is 0. The molecule has 150 valence electrons. The van der Waals surface area contributed by atoms with Crippen LogP contribution in [0, 0.1) is 0 Å². The highest BCUT2D eigenvalue weighted by atomic mass is 31.2. The van der Waals surface area contributed by atoms with Crippen molar-refractivity contribution in [2.75, 3.05) is 7.11 Å². The average Bonchev–Trinajstić information content (AvgIpc) is 2.43. The van der Waals surface area contributed by atoms with Crippen LogP contribution in [-0.4, -0.2) is 83.5 Å². The SMILES string of the molecule is COP(=O)(O)O[C@@H]1[C@@H](O)[C@H](OP(=O)(O)O)[C@H](O)[C@H](O)[C@H]1OP(=O)(O)O. The Hall–Kier alpha value is 0.210. The molecule has 0 spiro atoms. The van der Waals surface area contributed by atoms with Crippen LogP contribution >= 0.6 is 23.5 Å². The zero-order chi connectivity index (χ0) is 19.8. The molecule has 1 rings (SSSR count). The van der Waals surface area contributed by atoms with Gasteiger partial charge in [-0.05, 0) is 0 Å². The summed E-state index contributed by atoms with van der Waals surface area (Å²) in [6.45, 7) is 0. The lowest BCUT2D eigenvalue weighted by molar-refractivity contribution is -0.212. The fourth-order valence-electron chi connectivity index (χ4n) is 2.05. The van der Waals surface area contributed by atoms with Crippen molar-refractivity contribution in [1.82, 2.24) is 0 Å². The van der Waals surface area contributed by atoms with E-state index in [1.807, 2.05) is 0 Å². The van der Waals surface area contributed by atoms with E-state index in [2.05, 4.69) is 18.1 Å². The van der Waals surface area contributed by atoms with Gasteiger partial charge in [0, 0.05) is 7.11 Å². The molecule has 15 nitrogen and oxygen atoms in total. The Morgan fingerprint density at radius 1 is 0.640 bits per heavy atom. The highest BCUT2D eigenvalue weighted by Crippen LogP contribution is 2.50. The van der Waals surface area contributed by atoms with Crippen LogP contribution in [-0.2, 0) is 31.8 Å². The monoisotopic (exact) mass is 434 g/mol. The highest BCUT2D eigenvalue weighted by Gasteiger charge is 2.56. The minimum Gasteiger partial charge on any atom is -0.387 e. The van der Waals surface area contributed by atoms with E-state index in [1.165, 1.54) is 0 Å². The van der Waals surface area contributed by atoms with Gasteiger partial charge in [-0.15, -0.1) is 0 Å². The Bertz CT molecular complexity index is 596. The number of hydrogen-bond donors (Lipinski definition) is 8. The van der Waals surface area contributed by atoms with Crippen molar-refractivity contribution in [3.05, 3.63) is 0 Å². The summed E-state index contributed by atoms with van der Waals surface area (Å²) >= 11 is 0. The van der Waals surface area contributed by atoms with E-state index in [-0.39, 0.29) is 0 Å². The summed E-state index contributed by atoms with van der Waals surface area (Å²) in [6, 6.07) is 0. The molecule has 0 aromatic rings. The smallest absolute Gasteiger partial charge is 0.387 e. The van der Waals surface area contributed by atoms with Crippen LogP contribution in [0.3, 0.4) is 0 Å².